The molecule has 7 heteroatoms. The largest absolute Gasteiger partial charge is 0.444 e. The van der Waals surface area contributed by atoms with Crippen molar-refractivity contribution in [3.63, 3.8) is 0 Å². The monoisotopic (exact) mass is 465 g/mol. The second-order valence-corrected chi connectivity index (χ2v) is 10.5. The number of H-pyrrole nitrogens is 1. The Kier molecular flexibility index (Phi) is 7.78. The molecular weight excluding hydrogens is 438 g/mol. The van der Waals surface area contributed by atoms with Gasteiger partial charge in [0.15, 0.2) is 0 Å². The molecule has 5 nitrogen and oxygen atoms in total. The Bertz CT molecular complexity index is 1110. The van der Waals surface area contributed by atoms with Crippen molar-refractivity contribution in [2.75, 3.05) is 0 Å². The summed E-state index contributed by atoms with van der Waals surface area (Å²) in [6, 6.07) is 16.1. The molecule has 1 amide bonds. The third-order valence-electron chi connectivity index (χ3n) is 4.59. The first-order valence-corrected chi connectivity index (χ1v) is 13.4. The minimum Gasteiger partial charge on any atom is -0.444 e. The minimum atomic E-state index is -0.537. The molecule has 1 aromatic heterocycles. The zero-order valence-electron chi connectivity index (χ0n) is 18.8. The SMILES string of the molecule is C[SiH2]C[C@H](NC(=O)OC(C)(C)C)c1ncc(-c2ccc(C#Cc3ccc(Cl)cc3)cc2)[nH]1. The molecule has 3 aromatic rings. The fourth-order valence-electron chi connectivity index (χ4n) is 3.09. The molecule has 0 radical (unpaired) electrons. The summed E-state index contributed by atoms with van der Waals surface area (Å²) in [5.41, 5.74) is 3.20. The van der Waals surface area contributed by atoms with Crippen LogP contribution < -0.4 is 5.32 Å². The molecule has 0 aliphatic rings. The molecule has 0 fully saturated rings. The molecule has 0 aliphatic carbocycles. The lowest BCUT2D eigenvalue weighted by molar-refractivity contribution is 0.0506. The van der Waals surface area contributed by atoms with E-state index >= 15 is 0 Å². The van der Waals surface area contributed by atoms with Gasteiger partial charge in [-0.3, -0.25) is 0 Å². The smallest absolute Gasteiger partial charge is 0.408 e. The highest BCUT2D eigenvalue weighted by Crippen LogP contribution is 2.22. The van der Waals surface area contributed by atoms with Gasteiger partial charge in [0.05, 0.1) is 17.9 Å². The maximum Gasteiger partial charge on any atom is 0.408 e. The molecule has 0 saturated carbocycles. The van der Waals surface area contributed by atoms with Crippen LogP contribution in [0, 0.1) is 11.8 Å². The van der Waals surface area contributed by atoms with Crippen molar-refractivity contribution in [1.29, 1.82) is 0 Å². The van der Waals surface area contributed by atoms with Gasteiger partial charge < -0.3 is 15.0 Å². The predicted octanol–water partition coefficient (Wildman–Crippen LogP) is 5.33. The van der Waals surface area contributed by atoms with Crippen molar-refractivity contribution in [1.82, 2.24) is 15.3 Å². The van der Waals surface area contributed by atoms with E-state index in [1.54, 1.807) is 6.20 Å². The normalized spacial score (nSPS) is 12.3. The summed E-state index contributed by atoms with van der Waals surface area (Å²) in [6.07, 6.45) is 1.37. The average molecular weight is 466 g/mol. The van der Waals surface area contributed by atoms with Gasteiger partial charge in [0.25, 0.3) is 0 Å². The van der Waals surface area contributed by atoms with Gasteiger partial charge in [0, 0.05) is 25.7 Å². The Morgan fingerprint density at radius 2 is 1.72 bits per heavy atom. The van der Waals surface area contributed by atoms with Crippen molar-refractivity contribution in [2.45, 2.75) is 45.0 Å². The van der Waals surface area contributed by atoms with Crippen LogP contribution in [0.5, 0.6) is 0 Å². The number of rotatable bonds is 5. The van der Waals surface area contributed by atoms with Crippen molar-refractivity contribution < 1.29 is 9.53 Å². The van der Waals surface area contributed by atoms with E-state index in [2.05, 4.69) is 33.7 Å². The Morgan fingerprint density at radius 3 is 2.28 bits per heavy atom. The van der Waals surface area contributed by atoms with Crippen LogP contribution in [0.25, 0.3) is 11.3 Å². The molecule has 0 saturated heterocycles. The number of carbonyl (C=O) groups excluding carboxylic acids is 1. The standard InChI is InChI=1S/C25H28ClN3O2Si/c1-25(2,3)31-24(30)29-22(16-32-4)23-27-15-21(28-23)19-11-7-17(8-12-19)5-6-18-9-13-20(26)14-10-18/h7-15,22H,16,32H2,1-4H3,(H,27,28)(H,29,30)/t22-/m0/s1. The Balaban J connectivity index is 1.71. The van der Waals surface area contributed by atoms with Gasteiger partial charge in [-0.25, -0.2) is 9.78 Å². The number of hydrogen-bond donors (Lipinski definition) is 2. The number of halogens is 1. The molecule has 0 spiro atoms. The van der Waals surface area contributed by atoms with E-state index in [1.165, 1.54) is 0 Å². The van der Waals surface area contributed by atoms with Crippen molar-refractivity contribution >= 4 is 27.2 Å². The molecule has 2 aromatic carbocycles. The van der Waals surface area contributed by atoms with Crippen molar-refractivity contribution in [3.05, 3.63) is 76.7 Å². The second-order valence-electron chi connectivity index (χ2n) is 8.50. The first kappa shape index (κ1) is 23.6. The summed E-state index contributed by atoms with van der Waals surface area (Å²) >= 11 is 5.91. The molecule has 1 heterocycles. The Hall–Kier alpha value is -3.01. The van der Waals surface area contributed by atoms with Crippen molar-refractivity contribution in [2.24, 2.45) is 0 Å². The van der Waals surface area contributed by atoms with E-state index in [0.717, 1.165) is 34.3 Å². The lowest BCUT2D eigenvalue weighted by Crippen LogP contribution is -2.35. The number of benzene rings is 2. The molecule has 0 aliphatic heterocycles. The predicted molar refractivity (Wildman–Crippen MR) is 133 cm³/mol. The lowest BCUT2D eigenvalue weighted by atomic mass is 10.1. The van der Waals surface area contributed by atoms with Crippen molar-refractivity contribution in [3.8, 4) is 23.1 Å². The van der Waals surface area contributed by atoms with Gasteiger partial charge in [-0.05, 0) is 68.8 Å². The van der Waals surface area contributed by atoms with Crippen LogP contribution in [-0.4, -0.2) is 31.2 Å². The Morgan fingerprint density at radius 1 is 1.12 bits per heavy atom. The van der Waals surface area contributed by atoms with Gasteiger partial charge in [-0.1, -0.05) is 42.1 Å². The van der Waals surface area contributed by atoms with Gasteiger partial charge in [-0.15, -0.1) is 0 Å². The molecular formula is C25H28ClN3O2Si. The first-order chi connectivity index (χ1) is 15.2. The van der Waals surface area contributed by atoms with Gasteiger partial charge in [0.1, 0.15) is 11.4 Å². The maximum atomic E-state index is 12.2. The average Bonchev–Trinajstić information content (AvgIpc) is 3.22. The summed E-state index contributed by atoms with van der Waals surface area (Å²) in [4.78, 5) is 20.1. The topological polar surface area (TPSA) is 67.0 Å². The number of alkyl carbamates (subject to hydrolysis) is 1. The zero-order chi connectivity index (χ0) is 23.1. The third kappa shape index (κ3) is 7.01. The summed E-state index contributed by atoms with van der Waals surface area (Å²) in [5.74, 6) is 7.04. The fraction of sp³-hybridized carbons (Fsp3) is 0.280. The summed E-state index contributed by atoms with van der Waals surface area (Å²) < 4.78 is 5.41. The zero-order valence-corrected chi connectivity index (χ0v) is 21.0. The van der Waals surface area contributed by atoms with Crippen LogP contribution in [-0.2, 0) is 4.74 Å². The Labute approximate surface area is 196 Å². The van der Waals surface area contributed by atoms with Gasteiger partial charge in [0.2, 0.25) is 0 Å². The van der Waals surface area contributed by atoms with E-state index in [0.29, 0.717) is 5.02 Å². The third-order valence-corrected chi connectivity index (χ3v) is 5.99. The van der Waals surface area contributed by atoms with Crippen LogP contribution in [0.4, 0.5) is 4.79 Å². The number of aromatic amines is 1. The number of nitrogens with one attached hydrogen (secondary N) is 2. The summed E-state index contributed by atoms with van der Waals surface area (Å²) in [5, 5.41) is 3.65. The molecule has 166 valence electrons. The van der Waals surface area contributed by atoms with Gasteiger partial charge >= 0.3 is 6.09 Å². The van der Waals surface area contributed by atoms with Gasteiger partial charge in [-0.2, -0.15) is 0 Å². The highest BCUT2D eigenvalue weighted by Gasteiger charge is 2.22. The van der Waals surface area contributed by atoms with E-state index < -0.39 is 11.7 Å². The van der Waals surface area contributed by atoms with Crippen LogP contribution >= 0.6 is 11.6 Å². The minimum absolute atomic E-state index is 0.181. The molecule has 32 heavy (non-hydrogen) atoms. The highest BCUT2D eigenvalue weighted by atomic mass is 35.5. The number of aromatic nitrogens is 2. The molecule has 0 unspecified atom stereocenters. The number of ether oxygens (including phenoxy) is 1. The van der Waals surface area contributed by atoms with Crippen LogP contribution in [0.3, 0.4) is 0 Å². The fourth-order valence-corrected chi connectivity index (χ4v) is 4.21. The highest BCUT2D eigenvalue weighted by molar-refractivity contribution is 6.33. The van der Waals surface area contributed by atoms with E-state index in [1.807, 2.05) is 69.3 Å². The van der Waals surface area contributed by atoms with E-state index in [4.69, 9.17) is 16.3 Å². The molecule has 0 bridgehead atoms. The second kappa shape index (κ2) is 10.5. The van der Waals surface area contributed by atoms with Crippen LogP contribution in [0.15, 0.2) is 54.7 Å². The molecule has 3 rings (SSSR count). The van der Waals surface area contributed by atoms with E-state index in [9.17, 15) is 4.79 Å². The molecule has 1 atom stereocenters. The van der Waals surface area contributed by atoms with Crippen LogP contribution in [0.2, 0.25) is 17.6 Å². The number of nitrogens with zero attached hydrogens (tertiary/aromatic N) is 1. The summed E-state index contributed by atoms with van der Waals surface area (Å²) in [6.45, 7) is 7.76. The van der Waals surface area contributed by atoms with Crippen LogP contribution in [0.1, 0.15) is 43.8 Å². The molecule has 2 N–H and O–H groups in total. The quantitative estimate of drug-likeness (QED) is 0.395. The number of hydrogen-bond acceptors (Lipinski definition) is 3. The first-order valence-electron chi connectivity index (χ1n) is 10.7. The number of amides is 1. The number of carbonyl (C=O) groups is 1. The van der Waals surface area contributed by atoms with E-state index in [-0.39, 0.29) is 15.6 Å². The maximum absolute atomic E-state index is 12.2. The lowest BCUT2D eigenvalue weighted by Gasteiger charge is -2.22. The number of imidazole rings is 1. The summed E-state index contributed by atoms with van der Waals surface area (Å²) in [7, 11) is -0.304.